The van der Waals surface area contributed by atoms with Gasteiger partial charge in [-0.3, -0.25) is 4.79 Å². The van der Waals surface area contributed by atoms with Crippen molar-refractivity contribution in [2.75, 3.05) is 13.7 Å². The van der Waals surface area contributed by atoms with Gasteiger partial charge in [0.1, 0.15) is 18.5 Å². The molecule has 8 heteroatoms. The predicted octanol–water partition coefficient (Wildman–Crippen LogP) is 2.22. The van der Waals surface area contributed by atoms with E-state index in [9.17, 15) is 14.0 Å². The van der Waals surface area contributed by atoms with E-state index in [2.05, 4.69) is 10.1 Å². The number of nitrogens with zero attached hydrogens (tertiary/aromatic N) is 4. The van der Waals surface area contributed by atoms with Crippen LogP contribution in [0, 0.1) is 5.82 Å². The molecule has 0 aliphatic carbocycles. The highest BCUT2D eigenvalue weighted by Gasteiger charge is 2.14. The van der Waals surface area contributed by atoms with Crippen molar-refractivity contribution in [2.45, 2.75) is 6.54 Å². The summed E-state index contributed by atoms with van der Waals surface area (Å²) in [6, 6.07) is 12.4. The third-order valence-corrected chi connectivity index (χ3v) is 3.87. The number of aromatic nitrogens is 3. The van der Waals surface area contributed by atoms with E-state index in [0.717, 1.165) is 11.3 Å². The summed E-state index contributed by atoms with van der Waals surface area (Å²) in [4.78, 5) is 29.5. The number of halogens is 1. The van der Waals surface area contributed by atoms with E-state index in [1.165, 1.54) is 23.4 Å². The number of carbonyl (C=O) groups excluding carboxylic acids is 2. The summed E-state index contributed by atoms with van der Waals surface area (Å²) < 4.78 is 19.5. The van der Waals surface area contributed by atoms with Crippen molar-refractivity contribution in [3.63, 3.8) is 0 Å². The molecule has 138 valence electrons. The predicted molar refractivity (Wildman–Crippen MR) is 94.5 cm³/mol. The molecule has 0 spiro atoms. The largest absolute Gasteiger partial charge is 0.452 e. The number of esters is 1. The fraction of sp³-hybridized carbons (Fsp3) is 0.158. The lowest BCUT2D eigenvalue weighted by atomic mass is 10.2. The average Bonchev–Trinajstić information content (AvgIpc) is 3.22. The maximum Gasteiger partial charge on any atom is 0.338 e. The number of hydrogen-bond acceptors (Lipinski definition) is 5. The number of ether oxygens (including phenoxy) is 1. The van der Waals surface area contributed by atoms with Crippen LogP contribution >= 0.6 is 0 Å². The Morgan fingerprint density at radius 3 is 2.44 bits per heavy atom. The first-order valence-electron chi connectivity index (χ1n) is 8.13. The first-order chi connectivity index (χ1) is 13.0. The molecule has 0 bridgehead atoms. The molecule has 7 nitrogen and oxygen atoms in total. The van der Waals surface area contributed by atoms with Crippen molar-refractivity contribution in [3.8, 4) is 5.69 Å². The molecule has 2 aromatic carbocycles. The molecule has 0 aliphatic rings. The van der Waals surface area contributed by atoms with Crippen LogP contribution in [0.25, 0.3) is 5.69 Å². The molecular formula is C19H17FN4O3. The molecule has 27 heavy (non-hydrogen) atoms. The van der Waals surface area contributed by atoms with E-state index in [1.807, 2.05) is 0 Å². The standard InChI is InChI=1S/C19H17FN4O3/c1-23(10-14-2-6-16(20)7-3-14)18(25)11-27-19(26)15-4-8-17(9-5-15)24-13-21-12-22-24/h2-9,12-13H,10-11H2,1H3. The van der Waals surface area contributed by atoms with Gasteiger partial charge in [0.15, 0.2) is 6.61 Å². The zero-order valence-corrected chi connectivity index (χ0v) is 14.6. The lowest BCUT2D eigenvalue weighted by Gasteiger charge is -2.17. The second-order valence-corrected chi connectivity index (χ2v) is 5.84. The van der Waals surface area contributed by atoms with Crippen LogP contribution in [0.4, 0.5) is 4.39 Å². The van der Waals surface area contributed by atoms with Crippen LogP contribution in [0.1, 0.15) is 15.9 Å². The maximum absolute atomic E-state index is 12.9. The Balaban J connectivity index is 1.52. The van der Waals surface area contributed by atoms with Gasteiger partial charge >= 0.3 is 5.97 Å². The number of carbonyl (C=O) groups is 2. The van der Waals surface area contributed by atoms with E-state index < -0.39 is 5.97 Å². The summed E-state index contributed by atoms with van der Waals surface area (Å²) in [6.45, 7) is -0.0787. The van der Waals surface area contributed by atoms with Gasteiger partial charge in [-0.2, -0.15) is 5.10 Å². The van der Waals surface area contributed by atoms with Crippen molar-refractivity contribution >= 4 is 11.9 Å². The van der Waals surface area contributed by atoms with Crippen LogP contribution in [0.3, 0.4) is 0 Å². The van der Waals surface area contributed by atoms with Crippen LogP contribution in [-0.4, -0.2) is 45.2 Å². The van der Waals surface area contributed by atoms with Crippen molar-refractivity contribution in [1.29, 1.82) is 0 Å². The zero-order chi connectivity index (χ0) is 19.2. The minimum atomic E-state index is -0.594. The molecule has 1 aromatic heterocycles. The van der Waals surface area contributed by atoms with Crippen LogP contribution in [0.15, 0.2) is 61.2 Å². The Morgan fingerprint density at radius 1 is 1.11 bits per heavy atom. The zero-order valence-electron chi connectivity index (χ0n) is 14.6. The summed E-state index contributed by atoms with van der Waals surface area (Å²) in [5, 5.41) is 4.00. The van der Waals surface area contributed by atoms with Gasteiger partial charge in [0, 0.05) is 13.6 Å². The summed E-state index contributed by atoms with van der Waals surface area (Å²) in [7, 11) is 1.59. The second kappa shape index (κ2) is 8.22. The lowest BCUT2D eigenvalue weighted by molar-refractivity contribution is -0.133. The third-order valence-electron chi connectivity index (χ3n) is 3.87. The van der Waals surface area contributed by atoms with Gasteiger partial charge in [0.2, 0.25) is 0 Å². The summed E-state index contributed by atoms with van der Waals surface area (Å²) in [5.41, 5.74) is 1.86. The lowest BCUT2D eigenvalue weighted by Crippen LogP contribution is -2.30. The molecule has 0 unspecified atom stereocenters. The Bertz CT molecular complexity index is 909. The number of amides is 1. The Labute approximate surface area is 155 Å². The van der Waals surface area contributed by atoms with Gasteiger partial charge in [-0.15, -0.1) is 0 Å². The van der Waals surface area contributed by atoms with Crippen molar-refractivity contribution in [1.82, 2.24) is 19.7 Å². The number of benzene rings is 2. The maximum atomic E-state index is 12.9. The Hall–Kier alpha value is -3.55. The third kappa shape index (κ3) is 4.75. The molecule has 0 aliphatic heterocycles. The van der Waals surface area contributed by atoms with Gasteiger partial charge < -0.3 is 9.64 Å². The molecular weight excluding hydrogens is 351 g/mol. The van der Waals surface area contributed by atoms with Gasteiger partial charge in [0.25, 0.3) is 5.91 Å². The molecule has 1 amide bonds. The first-order valence-corrected chi connectivity index (χ1v) is 8.13. The minimum Gasteiger partial charge on any atom is -0.452 e. The second-order valence-electron chi connectivity index (χ2n) is 5.84. The highest BCUT2D eigenvalue weighted by atomic mass is 19.1. The molecule has 3 aromatic rings. The Kier molecular flexibility index (Phi) is 5.55. The Morgan fingerprint density at radius 2 is 1.81 bits per heavy atom. The van der Waals surface area contributed by atoms with E-state index in [4.69, 9.17) is 4.74 Å². The van der Waals surface area contributed by atoms with E-state index in [0.29, 0.717) is 12.1 Å². The van der Waals surface area contributed by atoms with Gasteiger partial charge in [0.05, 0.1) is 11.3 Å². The quantitative estimate of drug-likeness (QED) is 0.624. The highest BCUT2D eigenvalue weighted by Crippen LogP contribution is 2.10. The fourth-order valence-electron chi connectivity index (χ4n) is 2.36. The van der Waals surface area contributed by atoms with Crippen LogP contribution in [0.5, 0.6) is 0 Å². The number of rotatable bonds is 6. The topological polar surface area (TPSA) is 77.3 Å². The number of likely N-dealkylation sites (N-methyl/N-ethyl adjacent to an activating group) is 1. The molecule has 1 heterocycles. The highest BCUT2D eigenvalue weighted by molar-refractivity contribution is 5.91. The summed E-state index contributed by atoms with van der Waals surface area (Å²) >= 11 is 0. The summed E-state index contributed by atoms with van der Waals surface area (Å²) in [6.07, 6.45) is 2.96. The molecule has 0 atom stereocenters. The smallest absolute Gasteiger partial charge is 0.338 e. The van der Waals surface area contributed by atoms with E-state index in [1.54, 1.807) is 54.5 Å². The van der Waals surface area contributed by atoms with Crippen molar-refractivity contribution < 1.29 is 18.7 Å². The van der Waals surface area contributed by atoms with Gasteiger partial charge in [-0.05, 0) is 42.0 Å². The van der Waals surface area contributed by atoms with Crippen molar-refractivity contribution in [3.05, 3.63) is 78.1 Å². The van der Waals surface area contributed by atoms with Crippen molar-refractivity contribution in [2.24, 2.45) is 0 Å². The molecule has 0 radical (unpaired) electrons. The average molecular weight is 368 g/mol. The monoisotopic (exact) mass is 368 g/mol. The first kappa shape index (κ1) is 18.2. The molecule has 0 saturated heterocycles. The van der Waals surface area contributed by atoms with Crippen LogP contribution in [0.2, 0.25) is 0 Å². The van der Waals surface area contributed by atoms with Gasteiger partial charge in [-0.1, -0.05) is 12.1 Å². The molecule has 0 saturated carbocycles. The molecule has 3 rings (SSSR count). The normalized spacial score (nSPS) is 10.4. The van der Waals surface area contributed by atoms with Crippen LogP contribution in [-0.2, 0) is 16.1 Å². The minimum absolute atomic E-state index is 0.295. The fourth-order valence-corrected chi connectivity index (χ4v) is 2.36. The molecule has 0 fully saturated rings. The number of hydrogen-bond donors (Lipinski definition) is 0. The summed E-state index contributed by atoms with van der Waals surface area (Å²) in [5.74, 6) is -1.29. The van der Waals surface area contributed by atoms with E-state index >= 15 is 0 Å². The van der Waals surface area contributed by atoms with Crippen LogP contribution < -0.4 is 0 Å². The molecule has 0 N–H and O–H groups in total. The van der Waals surface area contributed by atoms with Gasteiger partial charge in [-0.25, -0.2) is 18.9 Å². The van der Waals surface area contributed by atoms with E-state index in [-0.39, 0.29) is 18.3 Å². The SMILES string of the molecule is CN(Cc1ccc(F)cc1)C(=O)COC(=O)c1ccc(-n2cncn2)cc1.